The van der Waals surface area contributed by atoms with Crippen molar-refractivity contribution in [2.45, 2.75) is 19.9 Å². The molecular formula is C11H14ClNO. The Morgan fingerprint density at radius 2 is 2.14 bits per heavy atom. The monoisotopic (exact) mass is 211 g/mol. The highest BCUT2D eigenvalue weighted by atomic mass is 35.5. The highest BCUT2D eigenvalue weighted by molar-refractivity contribution is 6.32. The molecule has 0 aliphatic rings. The lowest BCUT2D eigenvalue weighted by Crippen LogP contribution is -2.09. The van der Waals surface area contributed by atoms with Crippen LogP contribution in [-0.4, -0.2) is 5.11 Å². The van der Waals surface area contributed by atoms with E-state index in [2.05, 4.69) is 6.58 Å². The van der Waals surface area contributed by atoms with Crippen LogP contribution in [0.15, 0.2) is 18.7 Å². The van der Waals surface area contributed by atoms with E-state index in [0.29, 0.717) is 10.6 Å². The van der Waals surface area contributed by atoms with Gasteiger partial charge >= 0.3 is 0 Å². The molecule has 0 spiro atoms. The van der Waals surface area contributed by atoms with Crippen molar-refractivity contribution in [3.8, 4) is 5.75 Å². The molecule has 0 bridgehead atoms. The zero-order valence-electron chi connectivity index (χ0n) is 8.34. The third-order valence-electron chi connectivity index (χ3n) is 2.30. The maximum Gasteiger partial charge on any atom is 0.121 e. The summed E-state index contributed by atoms with van der Waals surface area (Å²) in [7, 11) is 0. The van der Waals surface area contributed by atoms with Gasteiger partial charge in [-0.25, -0.2) is 0 Å². The molecule has 1 rings (SSSR count). The minimum atomic E-state index is -0.381. The molecule has 0 saturated carbocycles. The van der Waals surface area contributed by atoms with Crippen molar-refractivity contribution in [1.82, 2.24) is 0 Å². The second kappa shape index (κ2) is 4.03. The van der Waals surface area contributed by atoms with Crippen LogP contribution >= 0.6 is 11.6 Å². The number of phenolic OH excluding ortho intramolecular Hbond substituents is 1. The predicted molar refractivity (Wildman–Crippen MR) is 59.7 cm³/mol. The number of benzene rings is 1. The second-order valence-corrected chi connectivity index (χ2v) is 3.70. The van der Waals surface area contributed by atoms with Crippen molar-refractivity contribution in [2.24, 2.45) is 5.73 Å². The van der Waals surface area contributed by atoms with Crippen LogP contribution in [0.5, 0.6) is 5.75 Å². The van der Waals surface area contributed by atoms with Gasteiger partial charge in [0.2, 0.25) is 0 Å². The summed E-state index contributed by atoms with van der Waals surface area (Å²) in [6, 6.07) is 1.24. The van der Waals surface area contributed by atoms with E-state index in [9.17, 15) is 5.11 Å². The summed E-state index contributed by atoms with van der Waals surface area (Å²) in [5.74, 6) is 0.178. The molecule has 0 radical (unpaired) electrons. The SMILES string of the molecule is C=CC(N)c1c(O)cc(C)c(Cl)c1C. The summed E-state index contributed by atoms with van der Waals surface area (Å²) in [6.07, 6.45) is 1.58. The van der Waals surface area contributed by atoms with Crippen molar-refractivity contribution >= 4 is 11.6 Å². The molecule has 0 aliphatic carbocycles. The first-order chi connectivity index (χ1) is 6.49. The van der Waals surface area contributed by atoms with Gasteiger partial charge in [0.25, 0.3) is 0 Å². The number of aryl methyl sites for hydroxylation is 1. The first-order valence-corrected chi connectivity index (χ1v) is 4.73. The van der Waals surface area contributed by atoms with Gasteiger partial charge in [0, 0.05) is 10.6 Å². The Hall–Kier alpha value is -0.990. The van der Waals surface area contributed by atoms with E-state index in [1.54, 1.807) is 12.1 Å². The molecule has 76 valence electrons. The number of nitrogens with two attached hydrogens (primary N) is 1. The van der Waals surface area contributed by atoms with Gasteiger partial charge in [0.15, 0.2) is 0 Å². The molecule has 3 heteroatoms. The zero-order chi connectivity index (χ0) is 10.9. The smallest absolute Gasteiger partial charge is 0.121 e. The molecule has 0 saturated heterocycles. The summed E-state index contributed by atoms with van der Waals surface area (Å²) in [5.41, 5.74) is 8.09. The molecule has 0 fully saturated rings. The molecule has 1 atom stereocenters. The first kappa shape index (κ1) is 11.1. The van der Waals surface area contributed by atoms with Crippen LogP contribution in [0.4, 0.5) is 0 Å². The van der Waals surface area contributed by atoms with E-state index in [1.165, 1.54) is 0 Å². The topological polar surface area (TPSA) is 46.2 Å². The minimum Gasteiger partial charge on any atom is -0.508 e. The molecule has 0 aliphatic heterocycles. The van der Waals surface area contributed by atoms with Crippen LogP contribution in [0.25, 0.3) is 0 Å². The number of hydrogen-bond acceptors (Lipinski definition) is 2. The minimum absolute atomic E-state index is 0.178. The third kappa shape index (κ3) is 1.76. The van der Waals surface area contributed by atoms with Gasteiger partial charge < -0.3 is 10.8 Å². The van der Waals surface area contributed by atoms with Gasteiger partial charge in [-0.05, 0) is 31.0 Å². The van der Waals surface area contributed by atoms with Crippen LogP contribution in [0.1, 0.15) is 22.7 Å². The molecule has 2 nitrogen and oxygen atoms in total. The first-order valence-electron chi connectivity index (χ1n) is 4.35. The zero-order valence-corrected chi connectivity index (χ0v) is 9.10. The van der Waals surface area contributed by atoms with Gasteiger partial charge in [-0.1, -0.05) is 17.7 Å². The molecule has 0 amide bonds. The number of rotatable bonds is 2. The largest absolute Gasteiger partial charge is 0.508 e. The Morgan fingerprint density at radius 3 is 2.64 bits per heavy atom. The maximum atomic E-state index is 9.71. The fourth-order valence-corrected chi connectivity index (χ4v) is 1.65. The van der Waals surface area contributed by atoms with Crippen molar-refractivity contribution in [3.63, 3.8) is 0 Å². The van der Waals surface area contributed by atoms with E-state index < -0.39 is 0 Å². The standard InChI is InChI=1S/C11H14ClNO/c1-4-8(13)10-7(3)11(12)6(2)5-9(10)14/h4-5,8,14H,1,13H2,2-3H3. The Labute approximate surface area is 89.0 Å². The van der Waals surface area contributed by atoms with Crippen LogP contribution < -0.4 is 5.73 Å². The Morgan fingerprint density at radius 1 is 1.57 bits per heavy atom. The summed E-state index contributed by atoms with van der Waals surface area (Å²) >= 11 is 6.05. The van der Waals surface area contributed by atoms with Crippen LogP contribution in [0, 0.1) is 13.8 Å². The molecule has 3 N–H and O–H groups in total. The quantitative estimate of drug-likeness (QED) is 0.739. The lowest BCUT2D eigenvalue weighted by molar-refractivity contribution is 0.464. The van der Waals surface area contributed by atoms with E-state index in [-0.39, 0.29) is 11.8 Å². The fraction of sp³-hybridized carbons (Fsp3) is 0.273. The summed E-state index contributed by atoms with van der Waals surface area (Å²) in [4.78, 5) is 0. The van der Waals surface area contributed by atoms with Crippen LogP contribution in [0.2, 0.25) is 5.02 Å². The maximum absolute atomic E-state index is 9.71. The van der Waals surface area contributed by atoms with E-state index in [0.717, 1.165) is 11.1 Å². The predicted octanol–water partition coefficient (Wildman–Crippen LogP) is 2.85. The van der Waals surface area contributed by atoms with Gasteiger partial charge in [-0.3, -0.25) is 0 Å². The molecule has 1 aromatic carbocycles. The highest BCUT2D eigenvalue weighted by Crippen LogP contribution is 2.34. The van der Waals surface area contributed by atoms with Crippen molar-refractivity contribution in [2.75, 3.05) is 0 Å². The number of phenols is 1. The molecule has 0 heterocycles. The van der Waals surface area contributed by atoms with Gasteiger partial charge in [-0.15, -0.1) is 6.58 Å². The average Bonchev–Trinajstić information content (AvgIpc) is 2.14. The highest BCUT2D eigenvalue weighted by Gasteiger charge is 2.15. The number of hydrogen-bond donors (Lipinski definition) is 2. The molecule has 1 aromatic rings. The Kier molecular flexibility index (Phi) is 3.19. The van der Waals surface area contributed by atoms with Crippen LogP contribution in [-0.2, 0) is 0 Å². The van der Waals surface area contributed by atoms with Crippen LogP contribution in [0.3, 0.4) is 0 Å². The lowest BCUT2D eigenvalue weighted by atomic mass is 9.98. The lowest BCUT2D eigenvalue weighted by Gasteiger charge is -2.15. The Bertz CT molecular complexity index is 374. The van der Waals surface area contributed by atoms with Gasteiger partial charge in [0.1, 0.15) is 5.75 Å². The molecule has 1 unspecified atom stereocenters. The van der Waals surface area contributed by atoms with Crippen molar-refractivity contribution in [1.29, 1.82) is 0 Å². The number of halogens is 1. The normalized spacial score (nSPS) is 12.6. The number of aromatic hydroxyl groups is 1. The van der Waals surface area contributed by atoms with E-state index >= 15 is 0 Å². The van der Waals surface area contributed by atoms with Crippen molar-refractivity contribution in [3.05, 3.63) is 40.4 Å². The summed E-state index contributed by atoms with van der Waals surface area (Å²) < 4.78 is 0. The van der Waals surface area contributed by atoms with Crippen molar-refractivity contribution < 1.29 is 5.11 Å². The molecule has 14 heavy (non-hydrogen) atoms. The summed E-state index contributed by atoms with van der Waals surface area (Å²) in [5, 5.41) is 10.4. The van der Waals surface area contributed by atoms with E-state index in [1.807, 2.05) is 13.8 Å². The fourth-order valence-electron chi connectivity index (χ4n) is 1.49. The van der Waals surface area contributed by atoms with E-state index in [4.69, 9.17) is 17.3 Å². The summed E-state index contributed by atoms with van der Waals surface area (Å²) in [6.45, 7) is 7.28. The Balaban J connectivity index is 3.43. The average molecular weight is 212 g/mol. The van der Waals surface area contributed by atoms with Gasteiger partial charge in [-0.2, -0.15) is 0 Å². The third-order valence-corrected chi connectivity index (χ3v) is 2.88. The van der Waals surface area contributed by atoms with Gasteiger partial charge in [0.05, 0.1) is 6.04 Å². The second-order valence-electron chi connectivity index (χ2n) is 3.33. The molecular weight excluding hydrogens is 198 g/mol. The molecule has 0 aromatic heterocycles.